The molecule has 0 aliphatic rings. The minimum absolute atomic E-state index is 0. The van der Waals surface area contributed by atoms with Gasteiger partial charge in [0.25, 0.3) is 0 Å². The van der Waals surface area contributed by atoms with Gasteiger partial charge in [-0.05, 0) is 25.1 Å². The topological polar surface area (TPSA) is 101 Å². The second-order valence-electron chi connectivity index (χ2n) is 3.85. The maximum Gasteiger partial charge on any atom is 0.240 e. The summed E-state index contributed by atoms with van der Waals surface area (Å²) in [6, 6.07) is 2.81. The Balaban J connectivity index is 0.00000324. The summed E-state index contributed by atoms with van der Waals surface area (Å²) >= 11 is 0. The van der Waals surface area contributed by atoms with Crippen molar-refractivity contribution in [2.75, 3.05) is 16.3 Å². The van der Waals surface area contributed by atoms with Gasteiger partial charge in [-0.2, -0.15) is 0 Å². The summed E-state index contributed by atoms with van der Waals surface area (Å²) in [7, 11) is -3.59. The summed E-state index contributed by atoms with van der Waals surface area (Å²) in [6.45, 7) is 1.49. The number of benzene rings is 1. The molecule has 0 aliphatic heterocycles. The lowest BCUT2D eigenvalue weighted by molar-refractivity contribution is -0.117. The summed E-state index contributed by atoms with van der Waals surface area (Å²) in [5.41, 5.74) is 5.37. The zero-order valence-corrected chi connectivity index (χ0v) is 11.9. The molecule has 0 bridgehead atoms. The predicted octanol–water partition coefficient (Wildman–Crippen LogP) is 0.905. The van der Waals surface area contributed by atoms with Crippen molar-refractivity contribution in [1.82, 2.24) is 0 Å². The Morgan fingerprint density at radius 2 is 2.00 bits per heavy atom. The van der Waals surface area contributed by atoms with Gasteiger partial charge < -0.3 is 11.1 Å². The van der Waals surface area contributed by atoms with Gasteiger partial charge in [-0.15, -0.1) is 12.4 Å². The number of amides is 1. The fraction of sp³-hybridized carbons (Fsp3) is 0.300. The van der Waals surface area contributed by atoms with E-state index < -0.39 is 27.8 Å². The van der Waals surface area contributed by atoms with Crippen LogP contribution in [0.5, 0.6) is 0 Å². The van der Waals surface area contributed by atoms with E-state index in [-0.39, 0.29) is 23.8 Å². The average Bonchev–Trinajstić information content (AvgIpc) is 2.20. The molecule has 0 saturated heterocycles. The number of sulfonamides is 1. The molecule has 9 heteroatoms. The Morgan fingerprint density at radius 1 is 1.42 bits per heavy atom. The molecule has 0 spiro atoms. The summed E-state index contributed by atoms with van der Waals surface area (Å²) in [5.74, 6) is -1.19. The van der Waals surface area contributed by atoms with Crippen LogP contribution in [0.3, 0.4) is 0 Å². The number of carbonyl (C=O) groups is 1. The molecule has 1 rings (SSSR count). The Hall–Kier alpha value is -1.38. The van der Waals surface area contributed by atoms with E-state index >= 15 is 0 Å². The molecule has 1 aromatic carbocycles. The Morgan fingerprint density at radius 3 is 2.47 bits per heavy atom. The van der Waals surface area contributed by atoms with Gasteiger partial charge in [0.2, 0.25) is 15.9 Å². The average molecular weight is 312 g/mol. The first-order valence-corrected chi connectivity index (χ1v) is 6.92. The van der Waals surface area contributed by atoms with Crippen LogP contribution in [0.15, 0.2) is 18.2 Å². The van der Waals surface area contributed by atoms with Crippen LogP contribution in [0.25, 0.3) is 0 Å². The van der Waals surface area contributed by atoms with Gasteiger partial charge in [-0.25, -0.2) is 12.8 Å². The van der Waals surface area contributed by atoms with Crippen molar-refractivity contribution >= 4 is 39.7 Å². The zero-order chi connectivity index (χ0) is 13.9. The van der Waals surface area contributed by atoms with Crippen LogP contribution in [-0.2, 0) is 14.8 Å². The Labute approximate surface area is 117 Å². The highest BCUT2D eigenvalue weighted by molar-refractivity contribution is 7.92. The monoisotopic (exact) mass is 311 g/mol. The fourth-order valence-electron chi connectivity index (χ4n) is 1.14. The number of nitrogens with two attached hydrogens (primary N) is 1. The lowest BCUT2D eigenvalue weighted by atomic mass is 10.2. The third-order valence-corrected chi connectivity index (χ3v) is 2.53. The first kappa shape index (κ1) is 17.6. The molecule has 1 amide bonds. The molecular weight excluding hydrogens is 297 g/mol. The molecule has 1 atom stereocenters. The van der Waals surface area contributed by atoms with E-state index in [9.17, 15) is 17.6 Å². The van der Waals surface area contributed by atoms with Crippen molar-refractivity contribution in [3.05, 3.63) is 24.0 Å². The molecule has 19 heavy (non-hydrogen) atoms. The van der Waals surface area contributed by atoms with E-state index in [0.29, 0.717) is 0 Å². The summed E-state index contributed by atoms with van der Waals surface area (Å²) in [5, 5.41) is 2.43. The third-order valence-electron chi connectivity index (χ3n) is 1.94. The van der Waals surface area contributed by atoms with Gasteiger partial charge in [0.05, 0.1) is 18.0 Å². The molecule has 0 unspecified atom stereocenters. The number of hydrogen-bond acceptors (Lipinski definition) is 4. The van der Waals surface area contributed by atoms with Crippen LogP contribution in [-0.4, -0.2) is 26.6 Å². The first-order valence-electron chi connectivity index (χ1n) is 5.03. The largest absolute Gasteiger partial charge is 0.325 e. The van der Waals surface area contributed by atoms with Crippen LogP contribution >= 0.6 is 12.4 Å². The van der Waals surface area contributed by atoms with Crippen LogP contribution in [0.4, 0.5) is 15.8 Å². The van der Waals surface area contributed by atoms with E-state index in [1.807, 2.05) is 4.72 Å². The Kier molecular flexibility index (Phi) is 6.20. The van der Waals surface area contributed by atoms with Crippen LogP contribution in [0.2, 0.25) is 0 Å². The van der Waals surface area contributed by atoms with Crippen LogP contribution in [0.1, 0.15) is 6.92 Å². The van der Waals surface area contributed by atoms with E-state index in [0.717, 1.165) is 12.3 Å². The molecule has 0 fully saturated rings. The quantitative estimate of drug-likeness (QED) is 0.769. The third kappa shape index (κ3) is 5.86. The summed E-state index contributed by atoms with van der Waals surface area (Å²) in [4.78, 5) is 11.3. The van der Waals surface area contributed by atoms with Crippen molar-refractivity contribution in [3.63, 3.8) is 0 Å². The van der Waals surface area contributed by atoms with E-state index in [1.54, 1.807) is 0 Å². The molecule has 0 radical (unpaired) electrons. The van der Waals surface area contributed by atoms with E-state index in [1.165, 1.54) is 19.1 Å². The van der Waals surface area contributed by atoms with Crippen LogP contribution in [0, 0.1) is 5.82 Å². The van der Waals surface area contributed by atoms with Gasteiger partial charge in [0, 0.05) is 5.69 Å². The highest BCUT2D eigenvalue weighted by Gasteiger charge is 2.11. The fourth-order valence-corrected chi connectivity index (χ4v) is 1.69. The molecule has 108 valence electrons. The number of carbonyl (C=O) groups excluding carboxylic acids is 1. The van der Waals surface area contributed by atoms with Crippen molar-refractivity contribution in [1.29, 1.82) is 0 Å². The minimum atomic E-state index is -3.59. The van der Waals surface area contributed by atoms with Crippen molar-refractivity contribution in [2.45, 2.75) is 13.0 Å². The van der Waals surface area contributed by atoms with E-state index in [4.69, 9.17) is 5.73 Å². The first-order chi connectivity index (χ1) is 8.19. The highest BCUT2D eigenvalue weighted by atomic mass is 35.5. The second kappa shape index (κ2) is 6.69. The molecule has 0 aromatic heterocycles. The van der Waals surface area contributed by atoms with Crippen molar-refractivity contribution in [2.24, 2.45) is 5.73 Å². The summed E-state index contributed by atoms with van der Waals surface area (Å²) < 4.78 is 37.4. The lowest BCUT2D eigenvalue weighted by Crippen LogP contribution is -2.32. The number of rotatable bonds is 4. The normalized spacial score (nSPS) is 12.2. The smallest absolute Gasteiger partial charge is 0.240 e. The Bertz CT molecular complexity index is 563. The van der Waals surface area contributed by atoms with Gasteiger partial charge >= 0.3 is 0 Å². The SMILES string of the molecule is C[C@@H](N)C(=O)Nc1ccc(F)c(NS(C)(=O)=O)c1.Cl. The van der Waals surface area contributed by atoms with Gasteiger partial charge in [0.1, 0.15) is 5.82 Å². The number of halogens is 2. The van der Waals surface area contributed by atoms with Crippen LogP contribution < -0.4 is 15.8 Å². The number of anilines is 2. The highest BCUT2D eigenvalue weighted by Crippen LogP contribution is 2.20. The second-order valence-corrected chi connectivity index (χ2v) is 5.60. The molecule has 1 aromatic rings. The maximum absolute atomic E-state index is 13.3. The molecule has 0 saturated carbocycles. The number of nitrogens with one attached hydrogen (secondary N) is 2. The molecule has 4 N–H and O–H groups in total. The predicted molar refractivity (Wildman–Crippen MR) is 74.4 cm³/mol. The molecule has 0 heterocycles. The van der Waals surface area contributed by atoms with Crippen molar-refractivity contribution < 1.29 is 17.6 Å². The van der Waals surface area contributed by atoms with Crippen molar-refractivity contribution in [3.8, 4) is 0 Å². The molecular formula is C10H15ClFN3O3S. The van der Waals surface area contributed by atoms with Gasteiger partial charge in [0.15, 0.2) is 0 Å². The molecule has 0 aliphatic carbocycles. The van der Waals surface area contributed by atoms with E-state index in [2.05, 4.69) is 5.32 Å². The zero-order valence-electron chi connectivity index (χ0n) is 10.3. The summed E-state index contributed by atoms with van der Waals surface area (Å²) in [6.07, 6.45) is 0.902. The molecule has 6 nitrogen and oxygen atoms in total. The van der Waals surface area contributed by atoms with Gasteiger partial charge in [-0.3, -0.25) is 9.52 Å². The minimum Gasteiger partial charge on any atom is -0.325 e. The number of hydrogen-bond donors (Lipinski definition) is 3. The standard InChI is InChI=1S/C10H14FN3O3S.ClH/c1-6(12)10(15)13-7-3-4-8(11)9(5-7)14-18(2,16)17;/h3-6,14H,12H2,1-2H3,(H,13,15);1H/t6-;/m1./s1. The van der Waals surface area contributed by atoms with Gasteiger partial charge in [-0.1, -0.05) is 0 Å². The lowest BCUT2D eigenvalue weighted by Gasteiger charge is -2.10. The maximum atomic E-state index is 13.3.